The minimum Gasteiger partial charge on any atom is -0.451 e. The number of nitrogens with one attached hydrogen (secondary N) is 2. The second-order valence-corrected chi connectivity index (χ2v) is 15.1. The lowest BCUT2D eigenvalue weighted by Crippen LogP contribution is -2.40. The maximum atomic E-state index is 13.7. The monoisotopic (exact) mass is 535 g/mol. The molecule has 5 rings (SSSR count). The van der Waals surface area contributed by atoms with Crippen LogP contribution in [0.3, 0.4) is 0 Å². The molecule has 36 heavy (non-hydrogen) atoms. The molecular formula is C25H33N3O6S2. The highest BCUT2D eigenvalue weighted by Gasteiger charge is 2.53. The third kappa shape index (κ3) is 4.80. The summed E-state index contributed by atoms with van der Waals surface area (Å²) in [7, 11) is -7.37. The van der Waals surface area contributed by atoms with E-state index in [2.05, 4.69) is 9.44 Å². The standard InChI is InChI=1S/C25H33N3O6S2/c1-23(2,3)27-36(32,33)21-13-17(15-34-21)22(29)28-16-25(11-9-24(7-8-24)10-12-25)19-14-18(5-6-20(19)28)26-35(4,30)31/h5-6,13-15,26-27H,7-12,16H2,1-4H3. The van der Waals surface area contributed by atoms with E-state index in [1.54, 1.807) is 37.8 Å². The molecule has 1 aliphatic heterocycles. The van der Waals surface area contributed by atoms with Gasteiger partial charge in [-0.1, -0.05) is 0 Å². The maximum Gasteiger partial charge on any atom is 0.274 e. The van der Waals surface area contributed by atoms with E-state index >= 15 is 0 Å². The Morgan fingerprint density at radius 3 is 2.22 bits per heavy atom. The molecule has 0 saturated heterocycles. The molecule has 0 bridgehead atoms. The highest BCUT2D eigenvalue weighted by Crippen LogP contribution is 2.62. The van der Waals surface area contributed by atoms with Crippen molar-refractivity contribution in [2.24, 2.45) is 5.41 Å². The number of carbonyl (C=O) groups excluding carboxylic acids is 1. The fraction of sp³-hybridized carbons (Fsp3) is 0.560. The Morgan fingerprint density at radius 2 is 1.64 bits per heavy atom. The summed E-state index contributed by atoms with van der Waals surface area (Å²) in [6.07, 6.45) is 8.83. The molecule has 1 amide bonds. The van der Waals surface area contributed by atoms with E-state index < -0.39 is 25.6 Å². The third-order valence-electron chi connectivity index (χ3n) is 7.62. The Balaban J connectivity index is 1.48. The van der Waals surface area contributed by atoms with Crippen LogP contribution in [0.1, 0.15) is 75.2 Å². The Bertz CT molecular complexity index is 1420. The number of sulfonamides is 2. The average molecular weight is 536 g/mol. The summed E-state index contributed by atoms with van der Waals surface area (Å²) in [4.78, 5) is 15.3. The summed E-state index contributed by atoms with van der Waals surface area (Å²) in [5.41, 5.74) is 1.80. The molecule has 1 aromatic heterocycles. The molecular weight excluding hydrogens is 502 g/mol. The van der Waals surface area contributed by atoms with Crippen molar-refractivity contribution in [1.29, 1.82) is 0 Å². The molecule has 2 aliphatic carbocycles. The average Bonchev–Trinajstić information content (AvgIpc) is 3.19. The number of anilines is 2. The molecule has 3 aliphatic rings. The van der Waals surface area contributed by atoms with Gasteiger partial charge in [0.25, 0.3) is 15.9 Å². The number of fused-ring (bicyclic) bond motifs is 2. The van der Waals surface area contributed by atoms with Gasteiger partial charge in [0.2, 0.25) is 15.1 Å². The first-order valence-corrected chi connectivity index (χ1v) is 15.5. The van der Waals surface area contributed by atoms with Gasteiger partial charge >= 0.3 is 0 Å². The molecule has 2 spiro atoms. The second-order valence-electron chi connectivity index (χ2n) is 11.8. The predicted molar refractivity (Wildman–Crippen MR) is 137 cm³/mol. The van der Waals surface area contributed by atoms with E-state index in [0.717, 1.165) is 43.2 Å². The molecule has 2 fully saturated rings. The van der Waals surface area contributed by atoms with Crippen LogP contribution < -0.4 is 14.3 Å². The van der Waals surface area contributed by atoms with E-state index in [9.17, 15) is 21.6 Å². The van der Waals surface area contributed by atoms with E-state index in [1.165, 1.54) is 25.2 Å². The van der Waals surface area contributed by atoms with Crippen molar-refractivity contribution in [2.45, 2.75) is 75.3 Å². The molecule has 1 aromatic carbocycles. The van der Waals surface area contributed by atoms with Crippen LogP contribution in [0.4, 0.5) is 11.4 Å². The zero-order valence-electron chi connectivity index (χ0n) is 21.0. The zero-order chi connectivity index (χ0) is 26.1. The highest BCUT2D eigenvalue weighted by molar-refractivity contribution is 7.92. The first-order chi connectivity index (χ1) is 16.6. The summed E-state index contributed by atoms with van der Waals surface area (Å²) in [6, 6.07) is 6.55. The van der Waals surface area contributed by atoms with Crippen LogP contribution in [0.25, 0.3) is 0 Å². The van der Waals surface area contributed by atoms with Crippen molar-refractivity contribution in [3.05, 3.63) is 41.7 Å². The predicted octanol–water partition coefficient (Wildman–Crippen LogP) is 3.98. The smallest absolute Gasteiger partial charge is 0.274 e. The van der Waals surface area contributed by atoms with Gasteiger partial charge in [0.1, 0.15) is 6.26 Å². The van der Waals surface area contributed by atoms with Crippen LogP contribution in [0.2, 0.25) is 0 Å². The molecule has 2 saturated carbocycles. The van der Waals surface area contributed by atoms with E-state index in [1.807, 2.05) is 6.07 Å². The number of nitrogens with zero attached hydrogens (tertiary/aromatic N) is 1. The lowest BCUT2D eigenvalue weighted by Gasteiger charge is -2.38. The first kappa shape index (κ1) is 25.3. The minimum absolute atomic E-state index is 0.153. The van der Waals surface area contributed by atoms with Crippen molar-refractivity contribution >= 4 is 37.3 Å². The lowest BCUT2D eigenvalue weighted by atomic mass is 9.66. The molecule has 196 valence electrons. The minimum atomic E-state index is -3.92. The largest absolute Gasteiger partial charge is 0.451 e. The van der Waals surface area contributed by atoms with Gasteiger partial charge < -0.3 is 9.32 Å². The van der Waals surface area contributed by atoms with E-state index in [4.69, 9.17) is 4.42 Å². The summed E-state index contributed by atoms with van der Waals surface area (Å²) in [5, 5.41) is -0.309. The van der Waals surface area contributed by atoms with Crippen LogP contribution in [-0.4, -0.2) is 41.1 Å². The molecule has 0 atom stereocenters. The molecule has 9 nitrogen and oxygen atoms in total. The summed E-state index contributed by atoms with van der Waals surface area (Å²) in [6.45, 7) is 5.64. The van der Waals surface area contributed by atoms with Crippen LogP contribution in [0.15, 0.2) is 40.0 Å². The number of amides is 1. The number of carbonyl (C=O) groups is 1. The second kappa shape index (κ2) is 8.06. The molecule has 0 radical (unpaired) electrons. The Hall–Kier alpha value is -2.37. The molecule has 2 aromatic rings. The molecule has 11 heteroatoms. The fourth-order valence-corrected chi connectivity index (χ4v) is 7.59. The van der Waals surface area contributed by atoms with Crippen molar-refractivity contribution in [2.75, 3.05) is 22.4 Å². The van der Waals surface area contributed by atoms with Gasteiger partial charge in [0, 0.05) is 34.9 Å². The van der Waals surface area contributed by atoms with E-state index in [0.29, 0.717) is 17.6 Å². The van der Waals surface area contributed by atoms with Crippen molar-refractivity contribution in [3.63, 3.8) is 0 Å². The number of hydrogen-bond acceptors (Lipinski definition) is 6. The Labute approximate surface area is 212 Å². The summed E-state index contributed by atoms with van der Waals surface area (Å²) in [5.74, 6) is -0.343. The number of hydrogen-bond donors (Lipinski definition) is 2. The molecule has 2 N–H and O–H groups in total. The van der Waals surface area contributed by atoms with Gasteiger partial charge in [-0.15, -0.1) is 0 Å². The van der Waals surface area contributed by atoms with E-state index in [-0.39, 0.29) is 22.0 Å². The third-order valence-corrected chi connectivity index (χ3v) is 9.85. The van der Waals surface area contributed by atoms with Crippen molar-refractivity contribution in [1.82, 2.24) is 4.72 Å². The van der Waals surface area contributed by atoms with Crippen LogP contribution in [0.5, 0.6) is 0 Å². The topological polar surface area (TPSA) is 126 Å². The summed E-state index contributed by atoms with van der Waals surface area (Å²) < 4.78 is 59.5. The number of rotatable bonds is 5. The van der Waals surface area contributed by atoms with Gasteiger partial charge in [-0.05, 0) is 88.5 Å². The number of furan rings is 1. The lowest BCUT2D eigenvalue weighted by molar-refractivity contribution is 0.0979. The van der Waals surface area contributed by atoms with Gasteiger partial charge in [-0.3, -0.25) is 9.52 Å². The van der Waals surface area contributed by atoms with Gasteiger partial charge in [0.05, 0.1) is 11.8 Å². The van der Waals surface area contributed by atoms with Crippen LogP contribution in [-0.2, 0) is 25.5 Å². The number of benzene rings is 1. The van der Waals surface area contributed by atoms with Crippen molar-refractivity contribution < 1.29 is 26.0 Å². The molecule has 2 heterocycles. The quantitative estimate of drug-likeness (QED) is 0.597. The van der Waals surface area contributed by atoms with Gasteiger partial charge in [0.15, 0.2) is 0 Å². The zero-order valence-corrected chi connectivity index (χ0v) is 22.7. The maximum absolute atomic E-state index is 13.7. The Morgan fingerprint density at radius 1 is 1.00 bits per heavy atom. The Kier molecular flexibility index (Phi) is 5.66. The normalized spacial score (nSPS) is 20.5. The van der Waals surface area contributed by atoms with Crippen molar-refractivity contribution in [3.8, 4) is 0 Å². The summed E-state index contributed by atoms with van der Waals surface area (Å²) >= 11 is 0. The molecule has 0 unspecified atom stereocenters. The fourth-order valence-electron chi connectivity index (χ4n) is 5.67. The van der Waals surface area contributed by atoms with Gasteiger partial charge in [-0.2, -0.15) is 0 Å². The van der Waals surface area contributed by atoms with Gasteiger partial charge in [-0.25, -0.2) is 21.6 Å². The SMILES string of the molecule is CC(C)(C)NS(=O)(=O)c1cc(C(=O)N2CC3(CCC4(CC4)CC3)c3cc(NS(C)(=O)=O)ccc32)co1. The van der Waals surface area contributed by atoms with Crippen LogP contribution >= 0.6 is 0 Å². The van der Waals surface area contributed by atoms with Crippen LogP contribution in [0, 0.1) is 5.41 Å². The highest BCUT2D eigenvalue weighted by atomic mass is 32.2. The first-order valence-electron chi connectivity index (χ1n) is 12.2.